The summed E-state index contributed by atoms with van der Waals surface area (Å²) in [5.74, 6) is -4.22. The molecule has 15 nitrogen and oxygen atoms in total. The first-order valence-corrected chi connectivity index (χ1v) is 17.7. The predicted molar refractivity (Wildman–Crippen MR) is 190 cm³/mol. The maximum absolute atomic E-state index is 12.0. The highest BCUT2D eigenvalue weighted by Crippen LogP contribution is 2.21. The summed E-state index contributed by atoms with van der Waals surface area (Å²) in [6.07, 6.45) is 4.15. The van der Waals surface area contributed by atoms with Gasteiger partial charge in [-0.3, -0.25) is 14.4 Å². The molecule has 0 saturated carbocycles. The summed E-state index contributed by atoms with van der Waals surface area (Å²) >= 11 is 0. The van der Waals surface area contributed by atoms with E-state index in [2.05, 4.69) is 57.5 Å². The van der Waals surface area contributed by atoms with Crippen LogP contribution in [0.3, 0.4) is 0 Å². The molecule has 0 saturated heterocycles. The molecule has 15 heteroatoms. The fraction of sp³-hybridized carbons (Fsp3) is 0.829. The zero-order valence-corrected chi connectivity index (χ0v) is 31.8. The molecule has 7 N–H and O–H groups in total. The van der Waals surface area contributed by atoms with E-state index in [0.29, 0.717) is 38.5 Å². The Bertz CT molecular complexity index is 977. The molecule has 0 spiro atoms. The lowest BCUT2D eigenvalue weighted by atomic mass is 9.99. The van der Waals surface area contributed by atoms with Crippen molar-refractivity contribution >= 4 is 35.8 Å². The third-order valence-corrected chi connectivity index (χ3v) is 7.63. The minimum atomic E-state index is -1.46. The third-order valence-electron chi connectivity index (χ3n) is 7.63. The van der Waals surface area contributed by atoms with Crippen LogP contribution in [-0.4, -0.2) is 100 Å². The summed E-state index contributed by atoms with van der Waals surface area (Å²) < 4.78 is 11.6. The van der Waals surface area contributed by atoms with Crippen LogP contribution >= 0.6 is 0 Å². The molecule has 0 fully saturated rings. The maximum atomic E-state index is 12.0. The van der Waals surface area contributed by atoms with Crippen molar-refractivity contribution in [3.8, 4) is 0 Å². The van der Waals surface area contributed by atoms with Gasteiger partial charge in [0.1, 0.15) is 12.1 Å². The lowest BCUT2D eigenvalue weighted by molar-refractivity contribution is -0.143. The molecule has 0 aromatic heterocycles. The lowest BCUT2D eigenvalue weighted by Crippen LogP contribution is -2.51. The number of unbranched alkanes of at least 4 members (excludes halogenated alkanes) is 1. The maximum Gasteiger partial charge on any atom is 0.326 e. The van der Waals surface area contributed by atoms with Crippen molar-refractivity contribution in [2.75, 3.05) is 26.4 Å². The predicted octanol–water partition coefficient (Wildman–Crippen LogP) is 5.15. The first-order valence-electron chi connectivity index (χ1n) is 17.7. The van der Waals surface area contributed by atoms with Crippen molar-refractivity contribution in [3.05, 3.63) is 0 Å². The highest BCUT2D eigenvalue weighted by molar-refractivity contribution is 5.86. The Balaban J connectivity index is -0.00000172. The molecule has 0 aliphatic heterocycles. The first-order chi connectivity index (χ1) is 23.3. The number of carbonyl (C=O) groups is 6. The number of amides is 3. The summed E-state index contributed by atoms with van der Waals surface area (Å²) in [7, 11) is 0. The average Bonchev–Trinajstić information content (AvgIpc) is 3.01. The molecule has 0 radical (unpaired) electrons. The topological polar surface area (TPSA) is 238 Å². The number of carbonyl (C=O) groups excluding carboxylic acids is 2. The van der Waals surface area contributed by atoms with E-state index in [1.54, 1.807) is 6.92 Å². The van der Waals surface area contributed by atoms with E-state index in [1.807, 2.05) is 13.8 Å². The van der Waals surface area contributed by atoms with Crippen LogP contribution in [0.5, 0.6) is 0 Å². The van der Waals surface area contributed by atoms with Crippen LogP contribution in [0.25, 0.3) is 0 Å². The van der Waals surface area contributed by atoms with Gasteiger partial charge in [0.2, 0.25) is 5.91 Å². The second-order valence-electron chi connectivity index (χ2n) is 13.2. The fourth-order valence-electron chi connectivity index (χ4n) is 3.66. The van der Waals surface area contributed by atoms with Crippen molar-refractivity contribution in [1.29, 1.82) is 0 Å². The van der Waals surface area contributed by atoms with Crippen molar-refractivity contribution in [2.24, 2.45) is 17.8 Å². The molecule has 0 aliphatic rings. The highest BCUT2D eigenvalue weighted by Gasteiger charge is 2.25. The van der Waals surface area contributed by atoms with E-state index in [0.717, 1.165) is 19.3 Å². The number of hydrogen-bond donors (Lipinski definition) is 7. The van der Waals surface area contributed by atoms with Gasteiger partial charge in [-0.1, -0.05) is 61.8 Å². The summed E-state index contributed by atoms with van der Waals surface area (Å²) in [4.78, 5) is 67.4. The van der Waals surface area contributed by atoms with Gasteiger partial charge in [-0.2, -0.15) is 0 Å². The molecular formula is C35H67N3O12. The van der Waals surface area contributed by atoms with E-state index < -0.39 is 48.4 Å². The molecule has 0 rings (SSSR count). The molecular weight excluding hydrogens is 654 g/mol. The van der Waals surface area contributed by atoms with Gasteiger partial charge in [-0.05, 0) is 63.7 Å². The van der Waals surface area contributed by atoms with Crippen molar-refractivity contribution in [2.45, 2.75) is 144 Å². The Kier molecular flexibility index (Phi) is 30.9. The fourth-order valence-corrected chi connectivity index (χ4v) is 3.66. The Morgan fingerprint density at radius 1 is 0.700 bits per heavy atom. The second kappa shape index (κ2) is 30.4. The molecule has 2 unspecified atom stereocenters. The van der Waals surface area contributed by atoms with Crippen molar-refractivity contribution < 1.29 is 58.7 Å². The van der Waals surface area contributed by atoms with Gasteiger partial charge in [0.05, 0.1) is 18.1 Å². The van der Waals surface area contributed by atoms with E-state index >= 15 is 0 Å². The van der Waals surface area contributed by atoms with Gasteiger partial charge in [-0.25, -0.2) is 14.4 Å². The third kappa shape index (κ3) is 30.6. The quantitative estimate of drug-likeness (QED) is 0.0606. The van der Waals surface area contributed by atoms with E-state index in [-0.39, 0.29) is 49.2 Å². The largest absolute Gasteiger partial charge is 0.481 e. The Hall–Kier alpha value is -3.46. The number of nitrogens with one attached hydrogen (secondary N) is 3. The summed E-state index contributed by atoms with van der Waals surface area (Å²) in [6, 6.07) is -3.75. The van der Waals surface area contributed by atoms with Crippen LogP contribution < -0.4 is 16.0 Å². The van der Waals surface area contributed by atoms with E-state index in [9.17, 15) is 33.9 Å². The number of hydrogen-bond acceptors (Lipinski definition) is 8. The number of aliphatic carboxylic acids is 4. The molecule has 0 bridgehead atoms. The van der Waals surface area contributed by atoms with Crippen LogP contribution in [0.2, 0.25) is 0 Å². The van der Waals surface area contributed by atoms with Crippen LogP contribution in [0.4, 0.5) is 4.79 Å². The van der Waals surface area contributed by atoms with Crippen molar-refractivity contribution in [3.63, 3.8) is 0 Å². The minimum Gasteiger partial charge on any atom is -0.481 e. The number of urea groups is 1. The summed E-state index contributed by atoms with van der Waals surface area (Å²) in [5, 5.41) is 42.4. The zero-order valence-electron chi connectivity index (χ0n) is 31.8. The summed E-state index contributed by atoms with van der Waals surface area (Å²) in [5.41, 5.74) is -0.251. The van der Waals surface area contributed by atoms with Gasteiger partial charge in [0.25, 0.3) is 0 Å². The van der Waals surface area contributed by atoms with Crippen LogP contribution in [0.15, 0.2) is 0 Å². The molecule has 294 valence electrons. The second-order valence-corrected chi connectivity index (χ2v) is 13.2. The molecule has 0 heterocycles. The van der Waals surface area contributed by atoms with Crippen LogP contribution in [0.1, 0.15) is 127 Å². The van der Waals surface area contributed by atoms with E-state index in [4.69, 9.17) is 24.8 Å². The SMILES string of the molecule is CC(C)C(C)C(=O)O.CCC.CCC(C)(CCOCCC(=O)NCCCC[C@H](NC(=O)N[C@@H](CCC(=O)O)C(=O)O)C(=O)O)OCCC(C)C. The Labute approximate surface area is 298 Å². The van der Waals surface area contributed by atoms with E-state index in [1.165, 1.54) is 6.42 Å². The van der Waals surface area contributed by atoms with Gasteiger partial charge in [0, 0.05) is 32.6 Å². The standard InChI is InChI=1S/C26H47N3O10.C6H12O2.C3H8/c1-5-26(4,39-16-11-18(2)3)13-17-38-15-12-21(30)27-14-7-6-8-19(23(33)34)28-25(37)29-20(24(35)36)9-10-22(31)32;1-4(2)5(3)6(7)8;1-3-2/h18-20H,5-17H2,1-4H3,(H,27,30)(H,31,32)(H,33,34)(H,35,36)(H2,28,29,37);4-5H,1-3H3,(H,7,8);3H2,1-2H3/t19-,20-,26?;;/m0../s1. The number of rotatable bonds is 25. The van der Waals surface area contributed by atoms with Crippen LogP contribution in [-0.2, 0) is 33.4 Å². The smallest absolute Gasteiger partial charge is 0.326 e. The van der Waals surface area contributed by atoms with Gasteiger partial charge < -0.3 is 45.9 Å². The van der Waals surface area contributed by atoms with Crippen LogP contribution in [0, 0.1) is 17.8 Å². The highest BCUT2D eigenvalue weighted by atomic mass is 16.5. The number of carboxylic acids is 4. The Morgan fingerprint density at radius 2 is 1.24 bits per heavy atom. The van der Waals surface area contributed by atoms with Crippen molar-refractivity contribution in [1.82, 2.24) is 16.0 Å². The van der Waals surface area contributed by atoms with Gasteiger partial charge >= 0.3 is 29.9 Å². The molecule has 4 atom stereocenters. The molecule has 50 heavy (non-hydrogen) atoms. The first kappa shape index (κ1) is 50.9. The number of carboxylic acid groups (broad SMARTS) is 4. The Morgan fingerprint density at radius 3 is 1.66 bits per heavy atom. The van der Waals surface area contributed by atoms with Gasteiger partial charge in [-0.15, -0.1) is 0 Å². The summed E-state index contributed by atoms with van der Waals surface area (Å²) in [6.45, 7) is 20.0. The zero-order chi connectivity index (χ0) is 39.3. The molecule has 0 aromatic carbocycles. The minimum absolute atomic E-state index is 0.0596. The average molecular weight is 722 g/mol. The monoisotopic (exact) mass is 721 g/mol. The van der Waals surface area contributed by atoms with Gasteiger partial charge in [0.15, 0.2) is 0 Å². The molecule has 0 aliphatic carbocycles. The number of ether oxygens (including phenoxy) is 2. The lowest BCUT2D eigenvalue weighted by Gasteiger charge is -2.29. The normalized spacial score (nSPS) is 13.7. The molecule has 0 aromatic rings. The molecule has 3 amide bonds.